The van der Waals surface area contributed by atoms with Gasteiger partial charge < -0.3 is 10.5 Å². The number of nitrogen functional groups attached to an aromatic ring is 1. The maximum Gasteiger partial charge on any atom is 0.233 e. The van der Waals surface area contributed by atoms with Crippen LogP contribution in [-0.2, 0) is 0 Å². The van der Waals surface area contributed by atoms with Crippen LogP contribution < -0.4 is 10.5 Å². The largest absolute Gasteiger partial charge is 0.435 e. The van der Waals surface area contributed by atoms with Crippen LogP contribution >= 0.6 is 31.9 Å². The van der Waals surface area contributed by atoms with E-state index in [0.717, 1.165) is 20.1 Å². The third-order valence-electron chi connectivity index (χ3n) is 2.41. The number of benzene rings is 1. The number of ether oxygens (including phenoxy) is 1. The summed E-state index contributed by atoms with van der Waals surface area (Å²) in [6, 6.07) is 5.71. The van der Waals surface area contributed by atoms with Crippen molar-refractivity contribution in [2.75, 3.05) is 5.73 Å². The number of halogens is 2. The maximum absolute atomic E-state index is 5.95. The fraction of sp³-hybridized carbons (Fsp3) is 0.154. The predicted octanol–water partition coefficient (Wildman–Crippen LogP) is 4.60. The maximum atomic E-state index is 5.95. The predicted molar refractivity (Wildman–Crippen MR) is 80.0 cm³/mol. The summed E-state index contributed by atoms with van der Waals surface area (Å²) >= 11 is 6.83. The van der Waals surface area contributed by atoms with Gasteiger partial charge in [-0.1, -0.05) is 15.9 Å². The van der Waals surface area contributed by atoms with Crippen molar-refractivity contribution < 1.29 is 4.74 Å². The summed E-state index contributed by atoms with van der Waals surface area (Å²) in [5, 5.41) is 0. The number of pyridine rings is 1. The van der Waals surface area contributed by atoms with Crippen LogP contribution in [0.4, 0.5) is 5.69 Å². The zero-order chi connectivity index (χ0) is 13.3. The van der Waals surface area contributed by atoms with Crippen molar-refractivity contribution in [3.05, 3.63) is 44.5 Å². The standard InChI is InChI=1S/C13H12Br2N2O/c1-7-3-10(15)13(17-6-7)18-12-8(2)4-9(14)5-11(12)16/h3-6H,16H2,1-2H3. The van der Waals surface area contributed by atoms with Crippen molar-refractivity contribution in [1.29, 1.82) is 0 Å². The molecule has 1 aromatic heterocycles. The zero-order valence-corrected chi connectivity index (χ0v) is 13.2. The Morgan fingerprint density at radius 3 is 2.50 bits per heavy atom. The summed E-state index contributed by atoms with van der Waals surface area (Å²) in [7, 11) is 0. The van der Waals surface area contributed by atoms with Gasteiger partial charge in [0.05, 0.1) is 10.2 Å². The summed E-state index contributed by atoms with van der Waals surface area (Å²) in [6.07, 6.45) is 1.75. The average Bonchev–Trinajstić information content (AvgIpc) is 2.25. The molecule has 0 bridgehead atoms. The highest BCUT2D eigenvalue weighted by Gasteiger charge is 2.11. The molecule has 0 amide bonds. The molecule has 2 N–H and O–H groups in total. The van der Waals surface area contributed by atoms with Crippen LogP contribution in [-0.4, -0.2) is 4.98 Å². The van der Waals surface area contributed by atoms with E-state index in [1.165, 1.54) is 0 Å². The van der Waals surface area contributed by atoms with E-state index in [0.29, 0.717) is 17.3 Å². The fourth-order valence-corrected chi connectivity index (χ4v) is 2.72. The summed E-state index contributed by atoms with van der Waals surface area (Å²) in [5.41, 5.74) is 8.55. The highest BCUT2D eigenvalue weighted by Crippen LogP contribution is 2.35. The molecule has 0 radical (unpaired) electrons. The molecule has 2 aromatic rings. The van der Waals surface area contributed by atoms with E-state index in [2.05, 4.69) is 36.8 Å². The van der Waals surface area contributed by atoms with Crippen molar-refractivity contribution in [3.63, 3.8) is 0 Å². The summed E-state index contributed by atoms with van der Waals surface area (Å²) in [6.45, 7) is 3.92. The van der Waals surface area contributed by atoms with Crippen LogP contribution in [0.2, 0.25) is 0 Å². The molecule has 0 aliphatic carbocycles. The molecule has 3 nitrogen and oxygen atoms in total. The molecule has 0 unspecified atom stereocenters. The molecule has 2 rings (SSSR count). The number of nitrogens with two attached hydrogens (primary N) is 1. The van der Waals surface area contributed by atoms with E-state index in [-0.39, 0.29) is 0 Å². The van der Waals surface area contributed by atoms with Gasteiger partial charge in [0.15, 0.2) is 5.75 Å². The van der Waals surface area contributed by atoms with Gasteiger partial charge in [0.1, 0.15) is 0 Å². The van der Waals surface area contributed by atoms with Crippen molar-refractivity contribution in [2.24, 2.45) is 0 Å². The Kier molecular flexibility index (Phi) is 3.92. The van der Waals surface area contributed by atoms with Gasteiger partial charge in [-0.05, 0) is 59.1 Å². The molecule has 0 saturated heterocycles. The number of aryl methyl sites for hydroxylation is 2. The van der Waals surface area contributed by atoms with Gasteiger partial charge in [-0.2, -0.15) is 0 Å². The topological polar surface area (TPSA) is 48.1 Å². The molecule has 5 heteroatoms. The summed E-state index contributed by atoms with van der Waals surface area (Å²) in [4.78, 5) is 4.24. The Labute approximate surface area is 123 Å². The number of hydrogen-bond acceptors (Lipinski definition) is 3. The van der Waals surface area contributed by atoms with E-state index in [1.807, 2.05) is 32.0 Å². The molecular weight excluding hydrogens is 360 g/mol. The minimum Gasteiger partial charge on any atom is -0.435 e. The van der Waals surface area contributed by atoms with Gasteiger partial charge >= 0.3 is 0 Å². The highest BCUT2D eigenvalue weighted by molar-refractivity contribution is 9.10. The van der Waals surface area contributed by atoms with Crippen LogP contribution in [0.3, 0.4) is 0 Å². The van der Waals surface area contributed by atoms with Crippen LogP contribution in [0.15, 0.2) is 33.3 Å². The van der Waals surface area contributed by atoms with E-state index in [1.54, 1.807) is 6.20 Å². The van der Waals surface area contributed by atoms with E-state index < -0.39 is 0 Å². The molecule has 0 aliphatic rings. The SMILES string of the molecule is Cc1cnc(Oc2c(C)cc(Br)cc2N)c(Br)c1. The van der Waals surface area contributed by atoms with Gasteiger partial charge in [-0.15, -0.1) is 0 Å². The van der Waals surface area contributed by atoms with Gasteiger partial charge in [-0.25, -0.2) is 4.98 Å². The lowest BCUT2D eigenvalue weighted by atomic mass is 10.2. The van der Waals surface area contributed by atoms with E-state index in [4.69, 9.17) is 10.5 Å². The monoisotopic (exact) mass is 370 g/mol. The minimum atomic E-state index is 0.512. The molecule has 94 valence electrons. The number of anilines is 1. The van der Waals surface area contributed by atoms with Gasteiger partial charge in [0.2, 0.25) is 5.88 Å². The van der Waals surface area contributed by atoms with E-state index >= 15 is 0 Å². The lowest BCUT2D eigenvalue weighted by Crippen LogP contribution is -1.97. The first-order chi connectivity index (χ1) is 8.47. The number of nitrogens with zero attached hydrogens (tertiary/aromatic N) is 1. The Morgan fingerprint density at radius 2 is 1.89 bits per heavy atom. The Hall–Kier alpha value is -1.07. The van der Waals surface area contributed by atoms with Crippen LogP contribution in [0, 0.1) is 13.8 Å². The van der Waals surface area contributed by atoms with Crippen LogP contribution in [0.5, 0.6) is 11.6 Å². The van der Waals surface area contributed by atoms with Gasteiger partial charge in [0, 0.05) is 10.7 Å². The Morgan fingerprint density at radius 1 is 1.17 bits per heavy atom. The molecule has 0 spiro atoms. The second-order valence-corrected chi connectivity index (χ2v) is 5.81. The summed E-state index contributed by atoms with van der Waals surface area (Å²) in [5.74, 6) is 1.15. The third-order valence-corrected chi connectivity index (χ3v) is 3.44. The van der Waals surface area contributed by atoms with Crippen molar-refractivity contribution in [3.8, 4) is 11.6 Å². The second kappa shape index (κ2) is 5.28. The first-order valence-corrected chi connectivity index (χ1v) is 6.91. The molecular formula is C13H12Br2N2O. The number of aromatic nitrogens is 1. The first-order valence-electron chi connectivity index (χ1n) is 5.33. The normalized spacial score (nSPS) is 10.4. The summed E-state index contributed by atoms with van der Waals surface area (Å²) < 4.78 is 7.52. The lowest BCUT2D eigenvalue weighted by molar-refractivity contribution is 0.458. The minimum absolute atomic E-state index is 0.512. The highest BCUT2D eigenvalue weighted by atomic mass is 79.9. The smallest absolute Gasteiger partial charge is 0.233 e. The quantitative estimate of drug-likeness (QED) is 0.785. The van der Waals surface area contributed by atoms with Crippen LogP contribution in [0.25, 0.3) is 0 Å². The Balaban J connectivity index is 2.40. The molecule has 1 heterocycles. The van der Waals surface area contributed by atoms with E-state index in [9.17, 15) is 0 Å². The van der Waals surface area contributed by atoms with Gasteiger partial charge in [0.25, 0.3) is 0 Å². The van der Waals surface area contributed by atoms with Crippen molar-refractivity contribution in [1.82, 2.24) is 4.98 Å². The van der Waals surface area contributed by atoms with Gasteiger partial charge in [-0.3, -0.25) is 0 Å². The second-order valence-electron chi connectivity index (χ2n) is 4.04. The number of rotatable bonds is 2. The molecule has 0 saturated carbocycles. The van der Waals surface area contributed by atoms with Crippen LogP contribution in [0.1, 0.15) is 11.1 Å². The molecule has 0 fully saturated rings. The molecule has 1 aromatic carbocycles. The molecule has 0 atom stereocenters. The first kappa shape index (κ1) is 13.4. The average molecular weight is 372 g/mol. The number of hydrogen-bond donors (Lipinski definition) is 1. The lowest BCUT2D eigenvalue weighted by Gasteiger charge is -2.12. The Bertz CT molecular complexity index is 577. The van der Waals surface area contributed by atoms with Crippen molar-refractivity contribution >= 4 is 37.5 Å². The molecule has 18 heavy (non-hydrogen) atoms. The fourth-order valence-electron chi connectivity index (χ4n) is 1.59. The molecule has 0 aliphatic heterocycles. The van der Waals surface area contributed by atoms with Crippen molar-refractivity contribution in [2.45, 2.75) is 13.8 Å². The zero-order valence-electron chi connectivity index (χ0n) is 10.00. The third kappa shape index (κ3) is 2.84.